The van der Waals surface area contributed by atoms with Crippen LogP contribution in [0, 0.1) is 0 Å². The Morgan fingerprint density at radius 3 is 2.40 bits per heavy atom. The third-order valence-corrected chi connectivity index (χ3v) is 2.27. The molecule has 0 bridgehead atoms. The number of hydrogen-bond donors (Lipinski definition) is 1. The minimum Gasteiger partial charge on any atom is -0.346 e. The highest BCUT2D eigenvalue weighted by molar-refractivity contribution is 5.85. The van der Waals surface area contributed by atoms with Crippen molar-refractivity contribution in [1.82, 2.24) is 5.32 Å². The molecule has 2 atom stereocenters. The lowest BCUT2D eigenvalue weighted by molar-refractivity contribution is -0.124. The Bertz CT molecular complexity index is 335. The van der Waals surface area contributed by atoms with Crippen LogP contribution in [0.4, 0.5) is 0 Å². The number of nitrogens with one attached hydrogen (secondary N) is 1. The molecular formula is C12H15NO2. The first-order valence-electron chi connectivity index (χ1n) is 4.95. The molecule has 1 aromatic rings. The van der Waals surface area contributed by atoms with Gasteiger partial charge in [0.15, 0.2) is 0 Å². The van der Waals surface area contributed by atoms with Crippen molar-refractivity contribution in [3.8, 4) is 0 Å². The molecule has 15 heavy (non-hydrogen) atoms. The molecule has 1 amide bonds. The maximum atomic E-state index is 11.6. The fraction of sp³-hybridized carbons (Fsp3) is 0.333. The molecule has 0 fully saturated rings. The predicted molar refractivity (Wildman–Crippen MR) is 58.5 cm³/mol. The normalized spacial score (nSPS) is 14.0. The summed E-state index contributed by atoms with van der Waals surface area (Å²) in [4.78, 5) is 22.0. The molecule has 0 radical (unpaired) electrons. The molecule has 0 aliphatic rings. The number of rotatable bonds is 4. The zero-order valence-electron chi connectivity index (χ0n) is 8.94. The fourth-order valence-electron chi connectivity index (χ4n) is 1.28. The summed E-state index contributed by atoms with van der Waals surface area (Å²) >= 11 is 0. The highest BCUT2D eigenvalue weighted by atomic mass is 16.2. The second-order valence-corrected chi connectivity index (χ2v) is 3.57. The van der Waals surface area contributed by atoms with Gasteiger partial charge in [0.2, 0.25) is 5.91 Å². The van der Waals surface area contributed by atoms with E-state index in [1.54, 1.807) is 6.92 Å². The average Bonchev–Trinajstić information content (AvgIpc) is 2.29. The molecule has 2 unspecified atom stereocenters. The first-order valence-corrected chi connectivity index (χ1v) is 4.95. The van der Waals surface area contributed by atoms with Gasteiger partial charge in [0, 0.05) is 0 Å². The lowest BCUT2D eigenvalue weighted by Gasteiger charge is -2.13. The minimum absolute atomic E-state index is 0.124. The quantitative estimate of drug-likeness (QED) is 0.757. The number of hydrogen-bond acceptors (Lipinski definition) is 2. The summed E-state index contributed by atoms with van der Waals surface area (Å²) in [7, 11) is 0. The van der Waals surface area contributed by atoms with Crippen molar-refractivity contribution in [2.75, 3.05) is 0 Å². The number of carbonyl (C=O) groups is 2. The van der Waals surface area contributed by atoms with E-state index in [4.69, 9.17) is 0 Å². The zero-order chi connectivity index (χ0) is 11.3. The lowest BCUT2D eigenvalue weighted by Crippen LogP contribution is -2.36. The van der Waals surface area contributed by atoms with Gasteiger partial charge in [-0.1, -0.05) is 30.3 Å². The van der Waals surface area contributed by atoms with Crippen LogP contribution in [-0.4, -0.2) is 18.2 Å². The third kappa shape index (κ3) is 3.20. The van der Waals surface area contributed by atoms with E-state index in [1.165, 1.54) is 0 Å². The van der Waals surface area contributed by atoms with Crippen LogP contribution in [0.5, 0.6) is 0 Å². The van der Waals surface area contributed by atoms with Crippen molar-refractivity contribution in [2.45, 2.75) is 25.8 Å². The largest absolute Gasteiger partial charge is 0.346 e. The number of aldehydes is 1. The standard InChI is InChI=1S/C12H15NO2/c1-9(8-14)13-12(15)10(2)11-6-4-3-5-7-11/h3-10H,1-2H3,(H,13,15). The molecule has 3 nitrogen and oxygen atoms in total. The molecule has 1 N–H and O–H groups in total. The maximum Gasteiger partial charge on any atom is 0.227 e. The zero-order valence-corrected chi connectivity index (χ0v) is 8.94. The van der Waals surface area contributed by atoms with E-state index in [2.05, 4.69) is 5.32 Å². The molecule has 1 rings (SSSR count). The van der Waals surface area contributed by atoms with E-state index in [0.29, 0.717) is 0 Å². The van der Waals surface area contributed by atoms with Crippen LogP contribution >= 0.6 is 0 Å². The van der Waals surface area contributed by atoms with Gasteiger partial charge < -0.3 is 10.1 Å². The first kappa shape index (κ1) is 11.4. The molecule has 0 saturated heterocycles. The van der Waals surface area contributed by atoms with Gasteiger partial charge >= 0.3 is 0 Å². The van der Waals surface area contributed by atoms with E-state index < -0.39 is 6.04 Å². The van der Waals surface area contributed by atoms with E-state index in [-0.39, 0.29) is 11.8 Å². The van der Waals surface area contributed by atoms with E-state index >= 15 is 0 Å². The van der Waals surface area contributed by atoms with Crippen LogP contribution in [0.15, 0.2) is 30.3 Å². The molecule has 0 aliphatic carbocycles. The maximum absolute atomic E-state index is 11.6. The van der Waals surface area contributed by atoms with Crippen LogP contribution in [0.1, 0.15) is 25.3 Å². The number of amides is 1. The van der Waals surface area contributed by atoms with Gasteiger partial charge in [-0.15, -0.1) is 0 Å². The Labute approximate surface area is 89.5 Å². The van der Waals surface area contributed by atoms with Crippen LogP contribution < -0.4 is 5.32 Å². The first-order chi connectivity index (χ1) is 7.15. The van der Waals surface area contributed by atoms with E-state index in [0.717, 1.165) is 11.8 Å². The molecule has 0 heterocycles. The predicted octanol–water partition coefficient (Wildman–Crippen LogP) is 1.49. The molecule has 0 aromatic heterocycles. The third-order valence-electron chi connectivity index (χ3n) is 2.27. The topological polar surface area (TPSA) is 46.2 Å². The Balaban J connectivity index is 2.65. The number of carbonyl (C=O) groups excluding carboxylic acids is 2. The van der Waals surface area contributed by atoms with Crippen molar-refractivity contribution in [3.05, 3.63) is 35.9 Å². The van der Waals surface area contributed by atoms with Crippen LogP contribution in [0.25, 0.3) is 0 Å². The molecule has 1 aromatic carbocycles. The highest BCUT2D eigenvalue weighted by Gasteiger charge is 2.15. The van der Waals surface area contributed by atoms with Crippen molar-refractivity contribution < 1.29 is 9.59 Å². The number of benzene rings is 1. The molecule has 0 saturated carbocycles. The Morgan fingerprint density at radius 1 is 1.27 bits per heavy atom. The second-order valence-electron chi connectivity index (χ2n) is 3.57. The van der Waals surface area contributed by atoms with Gasteiger partial charge in [0.25, 0.3) is 0 Å². The summed E-state index contributed by atoms with van der Waals surface area (Å²) in [5.41, 5.74) is 0.952. The molecule has 0 spiro atoms. The van der Waals surface area contributed by atoms with Gasteiger partial charge in [0.1, 0.15) is 6.29 Å². The summed E-state index contributed by atoms with van der Waals surface area (Å²) in [6.07, 6.45) is 0.718. The fourth-order valence-corrected chi connectivity index (χ4v) is 1.28. The van der Waals surface area contributed by atoms with Gasteiger partial charge in [-0.2, -0.15) is 0 Å². The summed E-state index contributed by atoms with van der Waals surface area (Å²) in [6, 6.07) is 9.06. The monoisotopic (exact) mass is 205 g/mol. The smallest absolute Gasteiger partial charge is 0.227 e. The van der Waals surface area contributed by atoms with Crippen LogP contribution in [0.3, 0.4) is 0 Å². The summed E-state index contributed by atoms with van der Waals surface area (Å²) in [5.74, 6) is -0.352. The van der Waals surface area contributed by atoms with Crippen molar-refractivity contribution in [1.29, 1.82) is 0 Å². The summed E-state index contributed by atoms with van der Waals surface area (Å²) in [6.45, 7) is 3.48. The van der Waals surface area contributed by atoms with Crippen LogP contribution in [-0.2, 0) is 9.59 Å². The molecule has 3 heteroatoms. The Kier molecular flexibility index (Phi) is 4.03. The second kappa shape index (κ2) is 5.29. The lowest BCUT2D eigenvalue weighted by atomic mass is 10.0. The Hall–Kier alpha value is -1.64. The van der Waals surface area contributed by atoms with Crippen molar-refractivity contribution >= 4 is 12.2 Å². The van der Waals surface area contributed by atoms with Gasteiger partial charge in [-0.25, -0.2) is 0 Å². The molecular weight excluding hydrogens is 190 g/mol. The van der Waals surface area contributed by atoms with Crippen molar-refractivity contribution in [3.63, 3.8) is 0 Å². The van der Waals surface area contributed by atoms with Gasteiger partial charge in [0.05, 0.1) is 12.0 Å². The van der Waals surface area contributed by atoms with E-state index in [9.17, 15) is 9.59 Å². The van der Waals surface area contributed by atoms with Gasteiger partial charge in [-0.3, -0.25) is 4.79 Å². The van der Waals surface area contributed by atoms with E-state index in [1.807, 2.05) is 37.3 Å². The molecule has 0 aliphatic heterocycles. The average molecular weight is 205 g/mol. The van der Waals surface area contributed by atoms with Gasteiger partial charge in [-0.05, 0) is 19.4 Å². The molecule has 80 valence electrons. The summed E-state index contributed by atoms with van der Waals surface area (Å²) < 4.78 is 0. The Morgan fingerprint density at radius 2 is 1.87 bits per heavy atom. The highest BCUT2D eigenvalue weighted by Crippen LogP contribution is 2.14. The van der Waals surface area contributed by atoms with Crippen molar-refractivity contribution in [2.24, 2.45) is 0 Å². The SMILES string of the molecule is CC(C=O)NC(=O)C(C)c1ccccc1. The summed E-state index contributed by atoms with van der Waals surface area (Å²) in [5, 5.41) is 2.62. The minimum atomic E-state index is -0.427. The van der Waals surface area contributed by atoms with Crippen LogP contribution in [0.2, 0.25) is 0 Å².